The lowest BCUT2D eigenvalue weighted by Gasteiger charge is -2.28. The van der Waals surface area contributed by atoms with Crippen LogP contribution in [0.1, 0.15) is 0 Å². The van der Waals surface area contributed by atoms with Gasteiger partial charge >= 0.3 is 16.4 Å². The summed E-state index contributed by atoms with van der Waals surface area (Å²) in [6.07, 6.45) is -4.99. The molecule has 0 radical (unpaired) electrons. The predicted molar refractivity (Wildman–Crippen MR) is 45.2 cm³/mol. The van der Waals surface area contributed by atoms with E-state index in [1.165, 1.54) is 0 Å². The highest BCUT2D eigenvalue weighted by Gasteiger charge is 2.38. The Kier molecular flexibility index (Phi) is 3.50. The van der Waals surface area contributed by atoms with Gasteiger partial charge < -0.3 is 20.1 Å². The molecule has 16 heavy (non-hydrogen) atoms. The van der Waals surface area contributed by atoms with E-state index in [1.54, 1.807) is 0 Å². The summed E-state index contributed by atoms with van der Waals surface area (Å²) >= 11 is 0. The molecule has 3 unspecified atom stereocenters. The van der Waals surface area contributed by atoms with E-state index >= 15 is 0 Å². The molecule has 0 saturated heterocycles. The second-order valence-electron chi connectivity index (χ2n) is 2.82. The summed E-state index contributed by atoms with van der Waals surface area (Å²) in [6.45, 7) is 0. The third-order valence-electron chi connectivity index (χ3n) is 1.63. The monoisotopic (exact) mass is 256 g/mol. The van der Waals surface area contributed by atoms with Crippen molar-refractivity contribution in [1.29, 1.82) is 0 Å². The van der Waals surface area contributed by atoms with Crippen LogP contribution in [0, 0.1) is 0 Å². The van der Waals surface area contributed by atoms with Gasteiger partial charge in [-0.3, -0.25) is 4.55 Å². The summed E-state index contributed by atoms with van der Waals surface area (Å²) in [7, 11) is -4.90. The van der Waals surface area contributed by atoms with E-state index in [2.05, 4.69) is 8.92 Å². The average molecular weight is 256 g/mol. The third-order valence-corrected chi connectivity index (χ3v) is 2.10. The van der Waals surface area contributed by atoms with Crippen LogP contribution in [-0.2, 0) is 24.1 Å². The van der Waals surface area contributed by atoms with Crippen molar-refractivity contribution in [3.8, 4) is 0 Å². The first kappa shape index (κ1) is 12.9. The first-order valence-electron chi connectivity index (χ1n) is 3.84. The van der Waals surface area contributed by atoms with Crippen molar-refractivity contribution in [2.24, 2.45) is 0 Å². The van der Waals surface area contributed by atoms with Gasteiger partial charge in [-0.15, -0.1) is 0 Å². The predicted octanol–water partition coefficient (Wildman–Crippen LogP) is -2.15. The van der Waals surface area contributed by atoms with Gasteiger partial charge in [-0.05, 0) is 6.08 Å². The van der Waals surface area contributed by atoms with Crippen molar-refractivity contribution in [2.75, 3.05) is 0 Å². The van der Waals surface area contributed by atoms with Crippen LogP contribution in [0.15, 0.2) is 11.8 Å². The molecular weight excluding hydrogens is 248 g/mol. The second-order valence-corrected chi connectivity index (χ2v) is 3.87. The maximum atomic E-state index is 10.4. The molecule has 1 heterocycles. The Morgan fingerprint density at radius 2 is 2.00 bits per heavy atom. The lowest BCUT2D eigenvalue weighted by molar-refractivity contribution is -0.176. The SMILES string of the molecule is O=C(O)C1=CC(O)C(OS(=O)(=O)O)C(O)O1. The summed E-state index contributed by atoms with van der Waals surface area (Å²) in [5.41, 5.74) is 0. The minimum Gasteiger partial charge on any atom is -0.475 e. The number of hydrogen-bond donors (Lipinski definition) is 4. The fourth-order valence-corrected chi connectivity index (χ4v) is 1.51. The molecule has 9 nitrogen and oxygen atoms in total. The molecule has 4 N–H and O–H groups in total. The van der Waals surface area contributed by atoms with Gasteiger partial charge in [0.25, 0.3) is 0 Å². The standard InChI is InChI=1S/C6H8O9S/c7-2-1-3(5(8)9)14-6(10)4(2)15-16(11,12)13/h1-2,4,6-7,10H,(H,8,9)(H,11,12,13). The number of hydrogen-bond acceptors (Lipinski definition) is 7. The van der Waals surface area contributed by atoms with E-state index in [0.29, 0.717) is 6.08 Å². The normalized spacial score (nSPS) is 30.4. The van der Waals surface area contributed by atoms with Gasteiger partial charge in [0.2, 0.25) is 12.0 Å². The molecule has 10 heteroatoms. The van der Waals surface area contributed by atoms with E-state index in [1.807, 2.05) is 0 Å². The summed E-state index contributed by atoms with van der Waals surface area (Å²) in [6, 6.07) is 0. The summed E-state index contributed by atoms with van der Waals surface area (Å²) in [4.78, 5) is 10.4. The van der Waals surface area contributed by atoms with Crippen LogP contribution < -0.4 is 0 Å². The Hall–Kier alpha value is -1.20. The van der Waals surface area contributed by atoms with E-state index < -0.39 is 40.6 Å². The molecule has 0 amide bonds. The number of aliphatic hydroxyl groups excluding tert-OH is 2. The number of aliphatic carboxylic acids is 1. The number of ether oxygens (including phenoxy) is 1. The van der Waals surface area contributed by atoms with Crippen molar-refractivity contribution in [2.45, 2.75) is 18.5 Å². The molecule has 0 bridgehead atoms. The molecule has 92 valence electrons. The summed E-state index contributed by atoms with van der Waals surface area (Å²) in [5, 5.41) is 26.8. The Morgan fingerprint density at radius 3 is 2.38 bits per heavy atom. The van der Waals surface area contributed by atoms with Crippen LogP contribution >= 0.6 is 0 Å². The summed E-state index contributed by atoms with van der Waals surface area (Å²) in [5.74, 6) is -2.31. The Labute approximate surface area is 89.5 Å². The topological polar surface area (TPSA) is 151 Å². The van der Waals surface area contributed by atoms with Gasteiger partial charge in [0.15, 0.2) is 6.10 Å². The fourth-order valence-electron chi connectivity index (χ4n) is 1.02. The van der Waals surface area contributed by atoms with Crippen LogP contribution in [0.4, 0.5) is 0 Å². The molecule has 1 aliphatic rings. The van der Waals surface area contributed by atoms with Gasteiger partial charge in [-0.25, -0.2) is 8.98 Å². The molecule has 3 atom stereocenters. The van der Waals surface area contributed by atoms with E-state index in [9.17, 15) is 18.3 Å². The smallest absolute Gasteiger partial charge is 0.397 e. The van der Waals surface area contributed by atoms with Crippen LogP contribution in [-0.4, -0.2) is 52.8 Å². The number of carbonyl (C=O) groups is 1. The zero-order valence-electron chi connectivity index (χ0n) is 7.55. The van der Waals surface area contributed by atoms with Gasteiger partial charge in [-0.2, -0.15) is 8.42 Å². The van der Waals surface area contributed by atoms with Crippen molar-refractivity contribution < 1.29 is 42.0 Å². The molecular formula is C6H8O9S. The maximum absolute atomic E-state index is 10.4. The molecule has 0 saturated carbocycles. The first-order valence-corrected chi connectivity index (χ1v) is 5.21. The molecule has 0 fully saturated rings. The van der Waals surface area contributed by atoms with Crippen molar-refractivity contribution in [3.63, 3.8) is 0 Å². The lowest BCUT2D eigenvalue weighted by atomic mass is 10.1. The summed E-state index contributed by atoms with van der Waals surface area (Å²) < 4.78 is 37.2. The van der Waals surface area contributed by atoms with Gasteiger partial charge in [0.1, 0.15) is 6.10 Å². The van der Waals surface area contributed by atoms with Gasteiger partial charge in [0.05, 0.1) is 0 Å². The van der Waals surface area contributed by atoms with Crippen molar-refractivity contribution in [1.82, 2.24) is 0 Å². The molecule has 0 aromatic carbocycles. The van der Waals surface area contributed by atoms with Crippen LogP contribution in [0.3, 0.4) is 0 Å². The van der Waals surface area contributed by atoms with Gasteiger partial charge in [0, 0.05) is 0 Å². The number of aliphatic hydroxyl groups is 2. The quantitative estimate of drug-likeness (QED) is 0.414. The molecule has 0 spiro atoms. The first-order chi connectivity index (χ1) is 7.20. The fraction of sp³-hybridized carbons (Fsp3) is 0.500. The Balaban J connectivity index is 2.88. The highest BCUT2D eigenvalue weighted by Crippen LogP contribution is 2.20. The van der Waals surface area contributed by atoms with Crippen LogP contribution in [0.25, 0.3) is 0 Å². The van der Waals surface area contributed by atoms with Crippen LogP contribution in [0.2, 0.25) is 0 Å². The minimum atomic E-state index is -4.90. The van der Waals surface area contributed by atoms with Crippen molar-refractivity contribution in [3.05, 3.63) is 11.8 Å². The van der Waals surface area contributed by atoms with E-state index in [4.69, 9.17) is 14.8 Å². The molecule has 1 rings (SSSR count). The Morgan fingerprint density at radius 1 is 1.44 bits per heavy atom. The number of carboxylic acids is 1. The van der Waals surface area contributed by atoms with E-state index in [0.717, 1.165) is 0 Å². The van der Waals surface area contributed by atoms with Gasteiger partial charge in [-0.1, -0.05) is 0 Å². The zero-order valence-corrected chi connectivity index (χ0v) is 8.36. The maximum Gasteiger partial charge on any atom is 0.397 e. The number of carboxylic acid groups (broad SMARTS) is 1. The average Bonchev–Trinajstić information content (AvgIpc) is 2.09. The molecule has 1 aliphatic heterocycles. The highest BCUT2D eigenvalue weighted by molar-refractivity contribution is 7.80. The second kappa shape index (κ2) is 4.35. The lowest BCUT2D eigenvalue weighted by Crippen LogP contribution is -2.45. The zero-order chi connectivity index (χ0) is 12.5. The van der Waals surface area contributed by atoms with Crippen molar-refractivity contribution >= 4 is 16.4 Å². The van der Waals surface area contributed by atoms with E-state index in [-0.39, 0.29) is 0 Å². The molecule has 0 aromatic rings. The largest absolute Gasteiger partial charge is 0.475 e. The van der Waals surface area contributed by atoms with Crippen LogP contribution in [0.5, 0.6) is 0 Å². The molecule has 0 aromatic heterocycles. The highest BCUT2D eigenvalue weighted by atomic mass is 32.3. The number of rotatable bonds is 3. The Bertz CT molecular complexity index is 410. The minimum absolute atomic E-state index is 0.630. The third kappa shape index (κ3) is 3.15. The molecule has 0 aliphatic carbocycles.